The van der Waals surface area contributed by atoms with Crippen molar-refractivity contribution >= 4 is 70.4 Å². The van der Waals surface area contributed by atoms with Gasteiger partial charge in [0.15, 0.2) is 11.6 Å². The van der Waals surface area contributed by atoms with Gasteiger partial charge in [0.1, 0.15) is 23.5 Å². The number of anilines is 6. The third kappa shape index (κ3) is 8.30. The lowest BCUT2D eigenvalue weighted by Gasteiger charge is -2.38. The Bertz CT molecular complexity index is 1620. The predicted octanol–water partition coefficient (Wildman–Crippen LogP) is 4.99. The maximum absolute atomic E-state index is 12.6. The van der Waals surface area contributed by atoms with Gasteiger partial charge in [0, 0.05) is 18.8 Å². The average Bonchev–Trinajstić information content (AvgIpc) is 3.02. The van der Waals surface area contributed by atoms with Crippen LogP contribution in [0.4, 0.5) is 34.6 Å². The van der Waals surface area contributed by atoms with E-state index in [1.54, 1.807) is 25.3 Å². The summed E-state index contributed by atoms with van der Waals surface area (Å²) in [6.07, 6.45) is 5.34. The molecule has 0 radical (unpaired) electrons. The van der Waals surface area contributed by atoms with Gasteiger partial charge in [-0.15, -0.1) is 0 Å². The molecule has 3 amide bonds. The Kier molecular flexibility index (Phi) is 11.3. The van der Waals surface area contributed by atoms with Crippen molar-refractivity contribution in [1.29, 1.82) is 0 Å². The number of aromatic nitrogens is 4. The number of nitrogens with one attached hydrogen (secondary N) is 2. The standard InChI is InChI=1S/C20H23N5O4.C12H17ClN4O/c1-12(2)8-9-24-13(3)18(27)25(11-26)16-10-21-20(23-17(16)24)22-15-6-4-14(5-7-15)19(28)29;1-7(2)4-5-17-8(3)11(18)15-9-6-14-12(13)16-10(9)17/h4-7,10-13H,8-9H2,1-3H3,(H,28,29)(H,21,22,23);6-8H,4-5H2,1-3H3,(H,15,18)/t13-;8-/m11/s1. The third-order valence-electron chi connectivity index (χ3n) is 7.85. The zero-order chi connectivity index (χ0) is 34.4. The highest BCUT2D eigenvalue weighted by Crippen LogP contribution is 2.35. The van der Waals surface area contributed by atoms with Crippen molar-refractivity contribution < 1.29 is 24.3 Å². The molecular weight excluding hydrogens is 626 g/mol. The van der Waals surface area contributed by atoms with E-state index in [0.29, 0.717) is 53.5 Å². The van der Waals surface area contributed by atoms with Crippen molar-refractivity contribution in [2.45, 2.75) is 66.5 Å². The lowest BCUT2D eigenvalue weighted by molar-refractivity contribution is -0.123. The highest BCUT2D eigenvalue weighted by atomic mass is 35.5. The van der Waals surface area contributed by atoms with Gasteiger partial charge < -0.3 is 25.5 Å². The van der Waals surface area contributed by atoms with E-state index in [2.05, 4.69) is 58.3 Å². The molecule has 0 fully saturated rings. The second-order valence-corrected chi connectivity index (χ2v) is 12.5. The molecule has 3 aromatic rings. The van der Waals surface area contributed by atoms with Gasteiger partial charge in [0.25, 0.3) is 5.91 Å². The second-order valence-electron chi connectivity index (χ2n) is 12.2. The molecule has 1 aromatic carbocycles. The molecule has 47 heavy (non-hydrogen) atoms. The second kappa shape index (κ2) is 15.2. The molecule has 2 aliphatic heterocycles. The van der Waals surface area contributed by atoms with Gasteiger partial charge in [-0.1, -0.05) is 27.7 Å². The van der Waals surface area contributed by atoms with Gasteiger partial charge in [0.05, 0.1) is 18.0 Å². The Balaban J connectivity index is 0.000000238. The Morgan fingerprint density at radius 1 is 0.957 bits per heavy atom. The number of aromatic carboxylic acids is 1. The van der Waals surface area contributed by atoms with Crippen molar-refractivity contribution in [2.75, 3.05) is 38.4 Å². The van der Waals surface area contributed by atoms with Gasteiger partial charge in [-0.05, 0) is 74.4 Å². The number of rotatable bonds is 10. The first-order valence-electron chi connectivity index (χ1n) is 15.4. The smallest absolute Gasteiger partial charge is 0.335 e. The fourth-order valence-electron chi connectivity index (χ4n) is 4.99. The molecule has 0 unspecified atom stereocenters. The lowest BCUT2D eigenvalue weighted by Crippen LogP contribution is -2.52. The predicted molar refractivity (Wildman–Crippen MR) is 180 cm³/mol. The minimum Gasteiger partial charge on any atom is -0.478 e. The van der Waals surface area contributed by atoms with Gasteiger partial charge in [0.2, 0.25) is 23.5 Å². The number of amides is 3. The van der Waals surface area contributed by atoms with Crippen LogP contribution in [0.2, 0.25) is 5.28 Å². The molecule has 5 rings (SSSR count). The van der Waals surface area contributed by atoms with E-state index in [9.17, 15) is 19.2 Å². The van der Waals surface area contributed by atoms with Gasteiger partial charge in [-0.25, -0.2) is 19.7 Å². The summed E-state index contributed by atoms with van der Waals surface area (Å²) in [6, 6.07) is 5.44. The molecule has 14 nitrogen and oxygen atoms in total. The molecule has 3 N–H and O–H groups in total. The normalized spacial score (nSPS) is 17.1. The summed E-state index contributed by atoms with van der Waals surface area (Å²) in [5, 5.41) is 15.0. The summed E-state index contributed by atoms with van der Waals surface area (Å²) in [5.41, 5.74) is 1.77. The number of carboxylic acid groups (broad SMARTS) is 1. The van der Waals surface area contributed by atoms with Crippen molar-refractivity contribution in [3.63, 3.8) is 0 Å². The number of fused-ring (bicyclic) bond motifs is 2. The fourth-order valence-corrected chi connectivity index (χ4v) is 5.12. The summed E-state index contributed by atoms with van der Waals surface area (Å²) < 4.78 is 0. The Hall–Kier alpha value is -4.85. The van der Waals surface area contributed by atoms with Crippen LogP contribution in [-0.4, -0.2) is 74.4 Å². The number of carbonyl (C=O) groups excluding carboxylic acids is 3. The zero-order valence-corrected chi connectivity index (χ0v) is 28.0. The van der Waals surface area contributed by atoms with Crippen molar-refractivity contribution in [3.8, 4) is 0 Å². The van der Waals surface area contributed by atoms with E-state index in [4.69, 9.17) is 16.7 Å². The molecule has 2 aliphatic rings. The first-order chi connectivity index (χ1) is 22.3. The number of nitrogens with zero attached hydrogens (tertiary/aromatic N) is 7. The fraction of sp³-hybridized carbons (Fsp3) is 0.438. The number of hydrogen-bond acceptors (Lipinski definition) is 11. The van der Waals surface area contributed by atoms with E-state index in [1.165, 1.54) is 18.3 Å². The van der Waals surface area contributed by atoms with Crippen LogP contribution in [0, 0.1) is 11.8 Å². The van der Waals surface area contributed by atoms with Gasteiger partial charge >= 0.3 is 5.97 Å². The minimum absolute atomic E-state index is 0.0304. The number of carboxylic acids is 1. The van der Waals surface area contributed by atoms with Crippen LogP contribution < -0.4 is 25.3 Å². The van der Waals surface area contributed by atoms with Gasteiger partial charge in [-0.3, -0.25) is 14.4 Å². The summed E-state index contributed by atoms with van der Waals surface area (Å²) in [5.74, 6) is 1.16. The Morgan fingerprint density at radius 3 is 2.15 bits per heavy atom. The van der Waals surface area contributed by atoms with Crippen LogP contribution >= 0.6 is 11.6 Å². The lowest BCUT2D eigenvalue weighted by atomic mass is 10.1. The number of benzene rings is 1. The van der Waals surface area contributed by atoms with Crippen LogP contribution in [-0.2, 0) is 14.4 Å². The third-order valence-corrected chi connectivity index (χ3v) is 8.03. The molecule has 0 bridgehead atoms. The monoisotopic (exact) mass is 665 g/mol. The Labute approximate surface area is 278 Å². The number of carbonyl (C=O) groups is 4. The van der Waals surface area contributed by atoms with Crippen LogP contribution in [0.5, 0.6) is 0 Å². The molecule has 0 saturated carbocycles. The van der Waals surface area contributed by atoms with E-state index in [-0.39, 0.29) is 34.7 Å². The Morgan fingerprint density at radius 2 is 1.57 bits per heavy atom. The molecule has 15 heteroatoms. The number of hydrogen-bond donors (Lipinski definition) is 3. The summed E-state index contributed by atoms with van der Waals surface area (Å²) in [7, 11) is 0. The van der Waals surface area contributed by atoms with E-state index in [0.717, 1.165) is 24.3 Å². The molecule has 250 valence electrons. The highest BCUT2D eigenvalue weighted by Gasteiger charge is 2.37. The van der Waals surface area contributed by atoms with Crippen LogP contribution in [0.15, 0.2) is 36.7 Å². The highest BCUT2D eigenvalue weighted by molar-refractivity contribution is 6.28. The van der Waals surface area contributed by atoms with Crippen molar-refractivity contribution in [2.24, 2.45) is 11.8 Å². The first-order valence-corrected chi connectivity index (χ1v) is 15.8. The molecule has 4 heterocycles. The first kappa shape index (κ1) is 35.0. The average molecular weight is 666 g/mol. The van der Waals surface area contributed by atoms with E-state index >= 15 is 0 Å². The van der Waals surface area contributed by atoms with Crippen LogP contribution in [0.1, 0.15) is 64.7 Å². The summed E-state index contributed by atoms with van der Waals surface area (Å²) in [4.78, 5) is 68.7. The van der Waals surface area contributed by atoms with E-state index < -0.39 is 12.0 Å². The maximum Gasteiger partial charge on any atom is 0.335 e. The van der Waals surface area contributed by atoms with Crippen molar-refractivity contribution in [1.82, 2.24) is 19.9 Å². The largest absolute Gasteiger partial charge is 0.478 e. The van der Waals surface area contributed by atoms with E-state index in [1.807, 2.05) is 16.7 Å². The molecular formula is C32H40ClN9O5. The maximum atomic E-state index is 12.6. The molecule has 2 atom stereocenters. The molecule has 2 aromatic heterocycles. The number of imide groups is 1. The minimum atomic E-state index is -1.00. The topological polar surface area (TPSA) is 174 Å². The van der Waals surface area contributed by atoms with Gasteiger partial charge in [-0.2, -0.15) is 9.97 Å². The van der Waals surface area contributed by atoms with Crippen LogP contribution in [0.3, 0.4) is 0 Å². The molecule has 0 spiro atoms. The molecule has 0 aliphatic carbocycles. The summed E-state index contributed by atoms with van der Waals surface area (Å²) >= 11 is 5.83. The number of halogens is 1. The molecule has 0 saturated heterocycles. The van der Waals surface area contributed by atoms with Crippen molar-refractivity contribution in [3.05, 3.63) is 47.5 Å². The summed E-state index contributed by atoms with van der Waals surface area (Å²) in [6.45, 7) is 13.5. The SMILES string of the molecule is CC(C)CCN1c2nc(Cl)ncc2NC(=O)[C@H]1C.CC(C)CCN1c2nc(Nc3ccc(C(=O)O)cc3)ncc2N(C=O)C(=O)[C@H]1C. The van der Waals surface area contributed by atoms with Crippen LogP contribution in [0.25, 0.3) is 0 Å². The zero-order valence-electron chi connectivity index (χ0n) is 27.3. The quantitative estimate of drug-likeness (QED) is 0.196.